The van der Waals surface area contributed by atoms with Crippen LogP contribution in [0.5, 0.6) is 5.75 Å². The fourth-order valence-electron chi connectivity index (χ4n) is 2.19. The molecular formula is C17H16FN5O2. The van der Waals surface area contributed by atoms with Gasteiger partial charge in [0.05, 0.1) is 12.2 Å². The molecule has 0 aliphatic heterocycles. The number of benzene rings is 2. The second-order valence-electron chi connectivity index (χ2n) is 5.28. The van der Waals surface area contributed by atoms with Crippen LogP contribution in [0.2, 0.25) is 0 Å². The molecule has 1 N–H and O–H groups in total. The van der Waals surface area contributed by atoms with Crippen LogP contribution >= 0.6 is 0 Å². The number of tetrazole rings is 1. The van der Waals surface area contributed by atoms with E-state index in [0.29, 0.717) is 17.3 Å². The number of carbonyl (C=O) groups is 1. The van der Waals surface area contributed by atoms with Gasteiger partial charge in [0.15, 0.2) is 11.9 Å². The van der Waals surface area contributed by atoms with Gasteiger partial charge < -0.3 is 10.1 Å². The van der Waals surface area contributed by atoms with Crippen molar-refractivity contribution in [1.29, 1.82) is 0 Å². The number of hydrogen-bond acceptors (Lipinski definition) is 5. The zero-order valence-corrected chi connectivity index (χ0v) is 13.5. The molecule has 3 aromatic rings. The van der Waals surface area contributed by atoms with Gasteiger partial charge in [-0.2, -0.15) is 4.68 Å². The quantitative estimate of drug-likeness (QED) is 0.740. The van der Waals surface area contributed by atoms with E-state index in [1.807, 2.05) is 18.2 Å². The van der Waals surface area contributed by atoms with Gasteiger partial charge in [0, 0.05) is 0 Å². The van der Waals surface area contributed by atoms with Crippen molar-refractivity contribution in [2.24, 2.45) is 0 Å². The minimum absolute atomic E-state index is 0.0881. The number of para-hydroxylation sites is 1. The molecule has 0 aliphatic rings. The number of halogens is 1. The highest BCUT2D eigenvalue weighted by Crippen LogP contribution is 2.12. The first kappa shape index (κ1) is 16.6. The van der Waals surface area contributed by atoms with E-state index < -0.39 is 11.9 Å². The van der Waals surface area contributed by atoms with E-state index in [4.69, 9.17) is 4.74 Å². The van der Waals surface area contributed by atoms with Crippen molar-refractivity contribution in [3.8, 4) is 11.4 Å². The van der Waals surface area contributed by atoms with E-state index >= 15 is 0 Å². The molecule has 1 atom stereocenters. The summed E-state index contributed by atoms with van der Waals surface area (Å²) in [5.41, 5.74) is 0.475. The monoisotopic (exact) mass is 341 g/mol. The maximum absolute atomic E-state index is 13.3. The van der Waals surface area contributed by atoms with Gasteiger partial charge in [-0.1, -0.05) is 24.3 Å². The first-order valence-corrected chi connectivity index (χ1v) is 7.66. The molecule has 2 aromatic carbocycles. The predicted molar refractivity (Wildman–Crippen MR) is 87.5 cm³/mol. The van der Waals surface area contributed by atoms with Crippen molar-refractivity contribution in [2.45, 2.75) is 19.6 Å². The SMILES string of the molecule is CC(Oc1ccccc1)C(=O)NCc1nnnn1-c1cccc(F)c1. The van der Waals surface area contributed by atoms with Gasteiger partial charge in [-0.15, -0.1) is 5.10 Å². The van der Waals surface area contributed by atoms with Gasteiger partial charge in [0.25, 0.3) is 5.91 Å². The lowest BCUT2D eigenvalue weighted by atomic mass is 10.3. The van der Waals surface area contributed by atoms with Gasteiger partial charge >= 0.3 is 0 Å². The molecule has 0 aliphatic carbocycles. The van der Waals surface area contributed by atoms with Crippen LogP contribution in [0.25, 0.3) is 5.69 Å². The molecule has 7 nitrogen and oxygen atoms in total. The Kier molecular flexibility index (Phi) is 4.98. The number of rotatable bonds is 6. The number of carbonyl (C=O) groups excluding carboxylic acids is 1. The lowest BCUT2D eigenvalue weighted by Gasteiger charge is -2.14. The smallest absolute Gasteiger partial charge is 0.261 e. The van der Waals surface area contributed by atoms with Crippen molar-refractivity contribution in [3.05, 3.63) is 66.2 Å². The Morgan fingerprint density at radius 1 is 1.24 bits per heavy atom. The van der Waals surface area contributed by atoms with Crippen molar-refractivity contribution in [2.75, 3.05) is 0 Å². The van der Waals surface area contributed by atoms with Crippen LogP contribution in [-0.4, -0.2) is 32.2 Å². The number of aromatic nitrogens is 4. The van der Waals surface area contributed by atoms with Crippen LogP contribution in [0.1, 0.15) is 12.7 Å². The molecule has 8 heteroatoms. The highest BCUT2D eigenvalue weighted by atomic mass is 19.1. The molecule has 1 unspecified atom stereocenters. The summed E-state index contributed by atoms with van der Waals surface area (Å²) < 4.78 is 20.3. The summed E-state index contributed by atoms with van der Waals surface area (Å²) >= 11 is 0. The fraction of sp³-hybridized carbons (Fsp3) is 0.176. The van der Waals surface area contributed by atoms with E-state index in [1.54, 1.807) is 31.2 Å². The maximum Gasteiger partial charge on any atom is 0.261 e. The van der Waals surface area contributed by atoms with E-state index in [0.717, 1.165) is 0 Å². The summed E-state index contributed by atoms with van der Waals surface area (Å²) in [5.74, 6) is 0.283. The minimum Gasteiger partial charge on any atom is -0.481 e. The first-order valence-electron chi connectivity index (χ1n) is 7.66. The summed E-state index contributed by atoms with van der Waals surface area (Å²) in [7, 11) is 0. The molecule has 0 bridgehead atoms. The molecule has 0 radical (unpaired) electrons. The zero-order chi connectivity index (χ0) is 17.6. The first-order chi connectivity index (χ1) is 12.1. The molecule has 25 heavy (non-hydrogen) atoms. The van der Waals surface area contributed by atoms with Gasteiger partial charge in [-0.05, 0) is 47.7 Å². The topological polar surface area (TPSA) is 81.9 Å². The van der Waals surface area contributed by atoms with Crippen molar-refractivity contribution < 1.29 is 13.9 Å². The van der Waals surface area contributed by atoms with Crippen LogP contribution in [0.4, 0.5) is 4.39 Å². The summed E-state index contributed by atoms with van der Waals surface area (Å²) in [6.07, 6.45) is -0.680. The Labute approximate surface area is 143 Å². The standard InChI is InChI=1S/C17H16FN5O2/c1-12(25-15-8-3-2-4-9-15)17(24)19-11-16-20-21-22-23(16)14-7-5-6-13(18)10-14/h2-10,12H,11H2,1H3,(H,19,24). The molecule has 0 saturated heterocycles. The summed E-state index contributed by atoms with van der Waals surface area (Å²) in [6.45, 7) is 1.74. The molecule has 1 aromatic heterocycles. The number of nitrogens with one attached hydrogen (secondary N) is 1. The summed E-state index contributed by atoms with van der Waals surface area (Å²) in [6, 6.07) is 14.9. The largest absolute Gasteiger partial charge is 0.481 e. The Bertz CT molecular complexity index is 853. The molecule has 3 rings (SSSR count). The Balaban J connectivity index is 1.62. The summed E-state index contributed by atoms with van der Waals surface area (Å²) in [4.78, 5) is 12.2. The molecule has 0 spiro atoms. The van der Waals surface area contributed by atoms with Crippen LogP contribution in [0.3, 0.4) is 0 Å². The van der Waals surface area contributed by atoms with Crippen molar-refractivity contribution in [1.82, 2.24) is 25.5 Å². The average molecular weight is 341 g/mol. The third kappa shape index (κ3) is 4.17. The van der Waals surface area contributed by atoms with Crippen LogP contribution in [0, 0.1) is 5.82 Å². The number of nitrogens with zero attached hydrogens (tertiary/aromatic N) is 4. The number of amides is 1. The van der Waals surface area contributed by atoms with E-state index in [9.17, 15) is 9.18 Å². The van der Waals surface area contributed by atoms with Gasteiger partial charge in [0.1, 0.15) is 11.6 Å². The number of ether oxygens (including phenoxy) is 1. The molecule has 1 heterocycles. The minimum atomic E-state index is -0.680. The van der Waals surface area contributed by atoms with E-state index in [-0.39, 0.29) is 12.5 Å². The van der Waals surface area contributed by atoms with Gasteiger partial charge in [-0.3, -0.25) is 4.79 Å². The third-order valence-corrected chi connectivity index (χ3v) is 3.43. The van der Waals surface area contributed by atoms with Crippen LogP contribution < -0.4 is 10.1 Å². The molecule has 0 saturated carbocycles. The zero-order valence-electron chi connectivity index (χ0n) is 13.5. The van der Waals surface area contributed by atoms with Crippen LogP contribution in [0.15, 0.2) is 54.6 Å². The second-order valence-corrected chi connectivity index (χ2v) is 5.28. The van der Waals surface area contributed by atoms with E-state index in [1.165, 1.54) is 16.8 Å². The maximum atomic E-state index is 13.3. The van der Waals surface area contributed by atoms with E-state index in [2.05, 4.69) is 20.8 Å². The summed E-state index contributed by atoms with van der Waals surface area (Å²) in [5, 5.41) is 14.0. The lowest BCUT2D eigenvalue weighted by Crippen LogP contribution is -2.36. The number of hydrogen-bond donors (Lipinski definition) is 1. The average Bonchev–Trinajstić information content (AvgIpc) is 3.09. The lowest BCUT2D eigenvalue weighted by molar-refractivity contribution is -0.127. The van der Waals surface area contributed by atoms with Crippen LogP contribution in [-0.2, 0) is 11.3 Å². The predicted octanol–water partition coefficient (Wildman–Crippen LogP) is 1.89. The normalized spacial score (nSPS) is 11.8. The Morgan fingerprint density at radius 3 is 2.80 bits per heavy atom. The molecule has 128 valence electrons. The highest BCUT2D eigenvalue weighted by Gasteiger charge is 2.16. The Hall–Kier alpha value is -3.29. The van der Waals surface area contributed by atoms with Crippen molar-refractivity contribution in [3.63, 3.8) is 0 Å². The molecule has 1 amide bonds. The highest BCUT2D eigenvalue weighted by molar-refractivity contribution is 5.80. The van der Waals surface area contributed by atoms with Gasteiger partial charge in [0.2, 0.25) is 0 Å². The molecular weight excluding hydrogens is 325 g/mol. The Morgan fingerprint density at radius 2 is 2.04 bits per heavy atom. The van der Waals surface area contributed by atoms with Crippen molar-refractivity contribution >= 4 is 5.91 Å². The van der Waals surface area contributed by atoms with Gasteiger partial charge in [-0.25, -0.2) is 4.39 Å². The fourth-order valence-corrected chi connectivity index (χ4v) is 2.19. The molecule has 0 fully saturated rings. The third-order valence-electron chi connectivity index (χ3n) is 3.43. The second kappa shape index (κ2) is 7.52.